The van der Waals surface area contributed by atoms with Crippen LogP contribution in [0.2, 0.25) is 0 Å². The second-order valence-electron chi connectivity index (χ2n) is 22.1. The van der Waals surface area contributed by atoms with E-state index in [2.05, 4.69) is 113 Å². The van der Waals surface area contributed by atoms with Gasteiger partial charge in [0.1, 0.15) is 16.9 Å². The Bertz CT molecular complexity index is 1870. The van der Waals surface area contributed by atoms with E-state index in [4.69, 9.17) is 12.9 Å². The van der Waals surface area contributed by atoms with Crippen molar-refractivity contribution in [3.05, 3.63) is 75.3 Å². The van der Waals surface area contributed by atoms with Crippen LogP contribution in [0.3, 0.4) is 0 Å². The van der Waals surface area contributed by atoms with Crippen LogP contribution in [-0.2, 0) is 37.5 Å². The number of hydrogen-bond acceptors (Lipinski definition) is 4. The van der Waals surface area contributed by atoms with Gasteiger partial charge in [0.05, 0.1) is 6.61 Å². The highest BCUT2D eigenvalue weighted by Crippen LogP contribution is 2.40. The molecule has 0 bridgehead atoms. The van der Waals surface area contributed by atoms with Crippen LogP contribution in [0.15, 0.2) is 44.8 Å². The maximum absolute atomic E-state index is 10.9. The van der Waals surface area contributed by atoms with Crippen molar-refractivity contribution < 1.29 is 18.0 Å². The third-order valence-corrected chi connectivity index (χ3v) is 14.1. The van der Waals surface area contributed by atoms with Gasteiger partial charge in [0.25, 0.3) is 0 Å². The Balaban J connectivity index is 1.82. The van der Waals surface area contributed by atoms with Crippen molar-refractivity contribution >= 4 is 30.2 Å². The summed E-state index contributed by atoms with van der Waals surface area (Å²) in [6, 6.07) is 14.2. The lowest BCUT2D eigenvalue weighted by atomic mass is 9.83. The molecule has 5 heteroatoms. The van der Waals surface area contributed by atoms with Crippen LogP contribution in [0.1, 0.15) is 224 Å². The maximum atomic E-state index is 10.9. The van der Waals surface area contributed by atoms with Crippen molar-refractivity contribution in [3.63, 3.8) is 0 Å². The number of fused-ring (bicyclic) bond motifs is 3. The van der Waals surface area contributed by atoms with Crippen LogP contribution < -0.4 is 4.52 Å². The predicted molar refractivity (Wildman–Crippen MR) is 276 cm³/mol. The smallest absolute Gasteiger partial charge is 0.387 e. The first-order valence-electron chi connectivity index (χ1n) is 26.0. The summed E-state index contributed by atoms with van der Waals surface area (Å²) in [4.78, 5) is 0. The van der Waals surface area contributed by atoms with Gasteiger partial charge in [-0.2, -0.15) is 0 Å². The molecule has 4 nitrogen and oxygen atoms in total. The third kappa shape index (κ3) is 18.6. The van der Waals surface area contributed by atoms with E-state index in [-0.39, 0.29) is 5.41 Å². The van der Waals surface area contributed by atoms with Gasteiger partial charge < -0.3 is 13.5 Å². The first kappa shape index (κ1) is 52.9. The molecule has 4 rings (SSSR count). The summed E-state index contributed by atoms with van der Waals surface area (Å²) in [5, 5.41) is 13.3. The van der Waals surface area contributed by atoms with E-state index in [0.717, 1.165) is 97.3 Å². The second-order valence-corrected chi connectivity index (χ2v) is 23.2. The first-order valence-corrected chi connectivity index (χ1v) is 27.0. The van der Waals surface area contributed by atoms with E-state index >= 15 is 0 Å². The highest BCUT2D eigenvalue weighted by atomic mass is 31.1. The number of rotatable bonds is 29. The molecule has 0 spiro atoms. The number of unbranched alkanes of at least 4 members (excludes halogenated alkanes) is 8. The predicted octanol–water partition coefficient (Wildman–Crippen LogP) is 18.7. The van der Waals surface area contributed by atoms with Gasteiger partial charge in [0, 0.05) is 10.8 Å². The number of phenolic OH excluding ortho intramolecular Hbond substituents is 1. The highest BCUT2D eigenvalue weighted by Gasteiger charge is 2.21. The zero-order valence-electron chi connectivity index (χ0n) is 42.7. The van der Waals surface area contributed by atoms with Crippen molar-refractivity contribution in [2.24, 2.45) is 23.7 Å². The second kappa shape index (κ2) is 27.1. The number of phenols is 1. The Kier molecular flexibility index (Phi) is 22.8. The molecule has 0 aliphatic rings. The minimum atomic E-state index is -1.69. The van der Waals surface area contributed by atoms with Crippen LogP contribution >= 0.6 is 8.24 Å². The van der Waals surface area contributed by atoms with Gasteiger partial charge in [0.15, 0.2) is 0 Å². The van der Waals surface area contributed by atoms with Crippen LogP contribution in [0.4, 0.5) is 0 Å². The zero-order valence-corrected chi connectivity index (χ0v) is 43.6. The van der Waals surface area contributed by atoms with Crippen molar-refractivity contribution in [2.75, 3.05) is 6.61 Å². The molecule has 0 amide bonds. The molecule has 354 valence electrons. The van der Waals surface area contributed by atoms with Gasteiger partial charge in [-0.3, -0.25) is 4.52 Å². The molecule has 0 atom stereocenters. The van der Waals surface area contributed by atoms with E-state index in [9.17, 15) is 5.11 Å². The van der Waals surface area contributed by atoms with Gasteiger partial charge in [-0.05, 0) is 151 Å². The topological polar surface area (TPSA) is 55.7 Å². The van der Waals surface area contributed by atoms with Crippen LogP contribution in [0.25, 0.3) is 21.9 Å². The lowest BCUT2D eigenvalue weighted by Crippen LogP contribution is -2.12. The Hall–Kier alpha value is -2.68. The van der Waals surface area contributed by atoms with Gasteiger partial charge in [0.2, 0.25) is 0 Å². The lowest BCUT2D eigenvalue weighted by molar-refractivity contribution is 0.364. The molecule has 1 aromatic heterocycles. The van der Waals surface area contributed by atoms with Crippen molar-refractivity contribution in [1.82, 2.24) is 0 Å². The molecule has 3 aromatic carbocycles. The SMILES string of the molecule is Cc1cc(CCCOp2oc3c(CCCCCC(C)C)cc(CCCCCC(C)C)cc3c3cc(CCCCCC(C)C)cc(CCCCCC(C)C)c3o2)cc(C(C)(C)C)c1O. The maximum Gasteiger partial charge on any atom is 0.387 e. The Morgan fingerprint density at radius 2 is 0.873 bits per heavy atom. The Morgan fingerprint density at radius 1 is 0.492 bits per heavy atom. The summed E-state index contributed by atoms with van der Waals surface area (Å²) in [5.41, 5.74) is 10.5. The molecule has 0 radical (unpaired) electrons. The lowest BCUT2D eigenvalue weighted by Gasteiger charge is -2.22. The minimum absolute atomic E-state index is 0.132. The van der Waals surface area contributed by atoms with Crippen LogP contribution in [0, 0.1) is 30.6 Å². The molecule has 63 heavy (non-hydrogen) atoms. The van der Waals surface area contributed by atoms with Gasteiger partial charge in [-0.15, -0.1) is 0 Å². The van der Waals surface area contributed by atoms with E-state index in [1.165, 1.54) is 128 Å². The summed E-state index contributed by atoms with van der Waals surface area (Å²) >= 11 is 0. The normalized spacial score (nSPS) is 12.4. The first-order chi connectivity index (χ1) is 30.0. The zero-order chi connectivity index (χ0) is 45.9. The average Bonchev–Trinajstić information content (AvgIpc) is 3.36. The summed E-state index contributed by atoms with van der Waals surface area (Å²) in [5.74, 6) is 3.42. The molecular weight excluding hydrogens is 792 g/mol. The number of hydrogen-bond donors (Lipinski definition) is 1. The molecule has 0 aliphatic heterocycles. The van der Waals surface area contributed by atoms with Crippen molar-refractivity contribution in [2.45, 2.75) is 230 Å². The summed E-state index contributed by atoms with van der Waals surface area (Å²) < 4.78 is 21.0. The van der Waals surface area contributed by atoms with Gasteiger partial charge in [-0.1, -0.05) is 177 Å². The molecule has 1 heterocycles. The van der Waals surface area contributed by atoms with Gasteiger partial charge >= 0.3 is 8.24 Å². The fourth-order valence-electron chi connectivity index (χ4n) is 9.20. The molecule has 0 saturated carbocycles. The quantitative estimate of drug-likeness (QED) is 0.0552. The number of benzene rings is 3. The number of aromatic hydroxyl groups is 1. The fraction of sp³-hybridized carbons (Fsp3) is 0.690. The summed E-state index contributed by atoms with van der Waals surface area (Å²) in [7, 11) is -1.69. The summed E-state index contributed by atoms with van der Waals surface area (Å²) in [6.07, 6.45) is 26.0. The van der Waals surface area contributed by atoms with E-state index in [1.807, 2.05) is 6.92 Å². The Morgan fingerprint density at radius 3 is 1.27 bits per heavy atom. The van der Waals surface area contributed by atoms with Crippen molar-refractivity contribution in [3.8, 4) is 5.75 Å². The molecule has 0 unspecified atom stereocenters. The van der Waals surface area contributed by atoms with Crippen molar-refractivity contribution in [1.29, 1.82) is 0 Å². The van der Waals surface area contributed by atoms with E-state index in [1.54, 1.807) is 0 Å². The molecule has 4 aromatic rings. The van der Waals surface area contributed by atoms with Gasteiger partial charge in [-0.25, -0.2) is 0 Å². The largest absolute Gasteiger partial charge is 0.507 e. The Labute approximate surface area is 387 Å². The number of aryl methyl sites for hydroxylation is 6. The molecule has 0 aliphatic carbocycles. The third-order valence-electron chi connectivity index (χ3n) is 13.0. The van der Waals surface area contributed by atoms with E-state index in [0.29, 0.717) is 12.4 Å². The average molecular weight is 885 g/mol. The highest BCUT2D eigenvalue weighted by molar-refractivity contribution is 7.31. The summed E-state index contributed by atoms with van der Waals surface area (Å²) in [6.45, 7) is 27.8. The monoisotopic (exact) mass is 885 g/mol. The minimum Gasteiger partial charge on any atom is -0.507 e. The van der Waals surface area contributed by atoms with Crippen LogP contribution in [-0.4, -0.2) is 11.7 Å². The molecule has 0 fully saturated rings. The molecule has 1 N–H and O–H groups in total. The fourth-order valence-corrected chi connectivity index (χ4v) is 10.3. The molecular formula is C58H93O4P. The van der Waals surface area contributed by atoms with Crippen LogP contribution in [0.5, 0.6) is 5.75 Å². The standard InChI is InChI=1S/C58H93O4P/c1-42(2)26-17-13-21-30-48-37-50(33-23-15-19-28-44(5)6)56-52(39-48)53-40-49(31-22-14-18-27-43(3)4)38-51(34-24-16-20-29-45(7)8)57(53)62-63(61-56)60-35-25-32-47-36-46(9)55(59)54(41-47)58(10,11)12/h36-45,59H,13-35H2,1-12H3. The van der Waals surface area contributed by atoms with E-state index < -0.39 is 8.24 Å². The molecule has 0 saturated heterocycles.